The largest absolute Gasteiger partial charge is 0.303 e. The summed E-state index contributed by atoms with van der Waals surface area (Å²) in [6, 6.07) is 25.1. The monoisotopic (exact) mass is 471 g/mol. The van der Waals surface area contributed by atoms with Crippen LogP contribution >= 0.6 is 23.4 Å². The second kappa shape index (κ2) is 9.17. The van der Waals surface area contributed by atoms with E-state index in [9.17, 15) is 9.59 Å². The number of carbonyl (C=O) groups is 2. The molecule has 1 saturated heterocycles. The first-order chi connectivity index (χ1) is 16.1. The van der Waals surface area contributed by atoms with E-state index >= 15 is 0 Å². The summed E-state index contributed by atoms with van der Waals surface area (Å²) in [6.07, 6.45) is 1.80. The highest BCUT2D eigenvalue weighted by Crippen LogP contribution is 2.28. The van der Waals surface area contributed by atoms with Gasteiger partial charge in [0.15, 0.2) is 11.0 Å². The van der Waals surface area contributed by atoms with E-state index in [0.717, 1.165) is 27.1 Å². The Kier molecular flexibility index (Phi) is 5.94. The zero-order chi connectivity index (χ0) is 22.8. The third-order valence-corrected chi connectivity index (χ3v) is 6.79. The van der Waals surface area contributed by atoms with E-state index in [1.165, 1.54) is 11.8 Å². The van der Waals surface area contributed by atoms with Crippen molar-refractivity contribution in [2.45, 2.75) is 11.7 Å². The molecular weight excluding hydrogens is 454 g/mol. The van der Waals surface area contributed by atoms with Crippen molar-refractivity contribution in [3.8, 4) is 0 Å². The molecule has 1 N–H and O–H groups in total. The lowest BCUT2D eigenvalue weighted by atomic mass is 9.97. The lowest BCUT2D eigenvalue weighted by Gasteiger charge is -2.07. The molecule has 0 saturated carbocycles. The number of hydrogen-bond donors (Lipinski definition) is 1. The summed E-state index contributed by atoms with van der Waals surface area (Å²) in [5, 5.41) is 16.0. The van der Waals surface area contributed by atoms with Gasteiger partial charge in [-0.1, -0.05) is 71.9 Å². The first-order valence-electron chi connectivity index (χ1n) is 10.4. The summed E-state index contributed by atoms with van der Waals surface area (Å²) in [5.41, 5.74) is 1.50. The van der Waals surface area contributed by atoms with Crippen LogP contribution in [-0.2, 0) is 4.79 Å². The van der Waals surface area contributed by atoms with Crippen LogP contribution < -0.4 is 5.32 Å². The summed E-state index contributed by atoms with van der Waals surface area (Å²) in [7, 11) is 0. The summed E-state index contributed by atoms with van der Waals surface area (Å²) < 4.78 is 0. The number of Topliss-reactive ketones (excluding diaryl/α,β-unsaturated/α-hetero) is 1. The van der Waals surface area contributed by atoms with Gasteiger partial charge in [0.05, 0.1) is 11.5 Å². The molecule has 1 amide bonds. The van der Waals surface area contributed by atoms with E-state index in [0.29, 0.717) is 15.8 Å². The molecule has 1 aliphatic heterocycles. The number of carbonyl (C=O) groups excluding carboxylic acids is 2. The number of hydrogen-bond acceptors (Lipinski definition) is 5. The summed E-state index contributed by atoms with van der Waals surface area (Å²) in [4.78, 5) is 24.9. The lowest BCUT2D eigenvalue weighted by Crippen LogP contribution is -2.26. The van der Waals surface area contributed by atoms with Crippen molar-refractivity contribution in [2.75, 3.05) is 0 Å². The fourth-order valence-electron chi connectivity index (χ4n) is 3.84. The number of halogens is 1. The molecule has 1 aliphatic rings. The zero-order valence-corrected chi connectivity index (χ0v) is 18.9. The smallest absolute Gasteiger partial charge is 0.240 e. The minimum Gasteiger partial charge on any atom is -0.303 e. The van der Waals surface area contributed by atoms with Gasteiger partial charge in [0.2, 0.25) is 5.91 Å². The Morgan fingerprint density at radius 2 is 1.61 bits per heavy atom. The van der Waals surface area contributed by atoms with Gasteiger partial charge in [0.1, 0.15) is 0 Å². The number of thioether (sulfide) groups is 1. The van der Waals surface area contributed by atoms with Gasteiger partial charge in [-0.15, -0.1) is 5.10 Å². The summed E-state index contributed by atoms with van der Waals surface area (Å²) in [5.74, 6) is -0.363. The Hall–Kier alpha value is -3.48. The van der Waals surface area contributed by atoms with Gasteiger partial charge in [-0.3, -0.25) is 9.59 Å². The molecule has 0 spiro atoms. The third-order valence-electron chi connectivity index (χ3n) is 5.46. The minimum absolute atomic E-state index is 0.0782. The van der Waals surface area contributed by atoms with E-state index in [4.69, 9.17) is 11.6 Å². The first kappa shape index (κ1) is 21.4. The van der Waals surface area contributed by atoms with Crippen LogP contribution in [0.2, 0.25) is 5.02 Å². The average Bonchev–Trinajstić information content (AvgIpc) is 3.17. The van der Waals surface area contributed by atoms with Crippen LogP contribution in [0.3, 0.4) is 0 Å². The Balaban J connectivity index is 1.36. The standard InChI is InChI=1S/C26H18ClN3O2S/c27-19-11-9-16(10-12-19)23(31)14-24-25(32)29-26(33-24)30-28-15-22-20-7-3-1-5-17(20)13-18-6-2-4-8-21(18)22/h1-13,15,24H,14H2,(H,29,30,32)/b28-15+. The Morgan fingerprint density at radius 1 is 0.970 bits per heavy atom. The average molecular weight is 472 g/mol. The molecular formula is C26H18ClN3O2S. The molecule has 0 bridgehead atoms. The maximum absolute atomic E-state index is 12.5. The van der Waals surface area contributed by atoms with Crippen LogP contribution in [0.1, 0.15) is 22.3 Å². The van der Waals surface area contributed by atoms with Gasteiger partial charge in [-0.25, -0.2) is 0 Å². The van der Waals surface area contributed by atoms with Crippen LogP contribution in [0.4, 0.5) is 0 Å². The van der Waals surface area contributed by atoms with Crippen molar-refractivity contribution in [3.05, 3.63) is 95.0 Å². The van der Waals surface area contributed by atoms with E-state index in [2.05, 4.69) is 45.9 Å². The van der Waals surface area contributed by atoms with Crippen molar-refractivity contribution in [1.29, 1.82) is 0 Å². The maximum Gasteiger partial charge on any atom is 0.240 e. The number of amidine groups is 1. The topological polar surface area (TPSA) is 70.9 Å². The molecule has 1 heterocycles. The highest BCUT2D eigenvalue weighted by atomic mass is 35.5. The second-order valence-corrected chi connectivity index (χ2v) is 9.24. The predicted molar refractivity (Wildman–Crippen MR) is 136 cm³/mol. The fraction of sp³-hybridized carbons (Fsp3) is 0.0769. The van der Waals surface area contributed by atoms with Gasteiger partial charge in [0.25, 0.3) is 0 Å². The van der Waals surface area contributed by atoms with E-state index in [1.54, 1.807) is 30.5 Å². The molecule has 33 heavy (non-hydrogen) atoms. The molecule has 5 nitrogen and oxygen atoms in total. The van der Waals surface area contributed by atoms with Gasteiger partial charge < -0.3 is 5.32 Å². The molecule has 7 heteroatoms. The number of benzene rings is 4. The van der Waals surface area contributed by atoms with E-state index in [-0.39, 0.29) is 18.1 Å². The quantitative estimate of drug-likeness (QED) is 0.172. The Morgan fingerprint density at radius 3 is 2.27 bits per heavy atom. The second-order valence-electron chi connectivity index (χ2n) is 7.61. The van der Waals surface area contributed by atoms with Crippen molar-refractivity contribution < 1.29 is 9.59 Å². The van der Waals surface area contributed by atoms with Crippen LogP contribution in [0.5, 0.6) is 0 Å². The third kappa shape index (κ3) is 4.53. The highest BCUT2D eigenvalue weighted by Gasteiger charge is 2.32. The number of amides is 1. The lowest BCUT2D eigenvalue weighted by molar-refractivity contribution is -0.118. The van der Waals surface area contributed by atoms with Gasteiger partial charge >= 0.3 is 0 Å². The van der Waals surface area contributed by atoms with Crippen LogP contribution in [0.25, 0.3) is 21.5 Å². The molecule has 5 rings (SSSR count). The summed E-state index contributed by atoms with van der Waals surface area (Å²) >= 11 is 7.09. The Bertz CT molecular complexity index is 1390. The minimum atomic E-state index is -0.541. The molecule has 4 aromatic rings. The molecule has 162 valence electrons. The van der Waals surface area contributed by atoms with Crippen LogP contribution in [0.15, 0.2) is 89.1 Å². The van der Waals surface area contributed by atoms with E-state index in [1.807, 2.05) is 24.3 Å². The molecule has 1 atom stereocenters. The highest BCUT2D eigenvalue weighted by molar-refractivity contribution is 8.15. The molecule has 1 fully saturated rings. The van der Waals surface area contributed by atoms with Crippen molar-refractivity contribution in [3.63, 3.8) is 0 Å². The van der Waals surface area contributed by atoms with Gasteiger partial charge in [-0.05, 0) is 51.9 Å². The fourth-order valence-corrected chi connectivity index (χ4v) is 4.89. The molecule has 0 radical (unpaired) electrons. The van der Waals surface area contributed by atoms with Crippen molar-refractivity contribution in [2.24, 2.45) is 10.2 Å². The summed E-state index contributed by atoms with van der Waals surface area (Å²) in [6.45, 7) is 0. The normalized spacial score (nSPS) is 17.3. The maximum atomic E-state index is 12.5. The molecule has 1 unspecified atom stereocenters. The van der Waals surface area contributed by atoms with Crippen LogP contribution in [-0.4, -0.2) is 28.3 Å². The van der Waals surface area contributed by atoms with E-state index < -0.39 is 5.25 Å². The number of ketones is 1. The van der Waals surface area contributed by atoms with Crippen LogP contribution in [0, 0.1) is 0 Å². The number of fused-ring (bicyclic) bond motifs is 2. The molecule has 4 aromatic carbocycles. The van der Waals surface area contributed by atoms with Crippen molar-refractivity contribution >= 4 is 68.0 Å². The first-order valence-corrected chi connectivity index (χ1v) is 11.6. The van der Waals surface area contributed by atoms with Gasteiger partial charge in [-0.2, -0.15) is 5.10 Å². The number of rotatable bonds is 5. The zero-order valence-electron chi connectivity index (χ0n) is 17.4. The molecule has 0 aliphatic carbocycles. The SMILES string of the molecule is O=C(CC1S/C(=N/N=C/c2c3ccccc3cc3ccccc23)NC1=O)c1ccc(Cl)cc1. The predicted octanol–water partition coefficient (Wildman–Crippen LogP) is 5.84. The van der Waals surface area contributed by atoms with Gasteiger partial charge in [0, 0.05) is 22.6 Å². The Labute approximate surface area is 199 Å². The van der Waals surface area contributed by atoms with Crippen molar-refractivity contribution in [1.82, 2.24) is 5.32 Å². The number of nitrogens with zero attached hydrogens (tertiary/aromatic N) is 2. The number of nitrogens with one attached hydrogen (secondary N) is 1. The molecule has 0 aromatic heterocycles.